The van der Waals surface area contributed by atoms with Crippen LogP contribution >= 0.6 is 7.51 Å². The fraction of sp³-hybridized carbons (Fsp3) is 0.400. The van der Waals surface area contributed by atoms with Crippen LogP contribution in [-0.4, -0.2) is 28.4 Å². The molecule has 0 unspecified atom stereocenters. The van der Waals surface area contributed by atoms with Gasteiger partial charge >= 0.3 is 89.7 Å². The number of rotatable bonds is 5. The summed E-state index contributed by atoms with van der Waals surface area (Å²) in [7, 11) is 2.47. The Kier molecular flexibility index (Phi) is 3.82. The topological polar surface area (TPSA) is 36.9 Å². The van der Waals surface area contributed by atoms with Gasteiger partial charge < -0.3 is 0 Å². The number of benzene rings is 1. The van der Waals surface area contributed by atoms with E-state index in [4.69, 9.17) is 18.1 Å². The molecule has 0 aliphatic heterocycles. The van der Waals surface area contributed by atoms with Crippen molar-refractivity contribution in [2.24, 2.45) is 0 Å². The van der Waals surface area contributed by atoms with Crippen LogP contribution in [0.4, 0.5) is 0 Å². The third-order valence-electron chi connectivity index (χ3n) is 2.44. The summed E-state index contributed by atoms with van der Waals surface area (Å²) in [5.41, 5.74) is 0. The zero-order chi connectivity index (χ0) is 11.4. The van der Waals surface area contributed by atoms with Crippen LogP contribution < -0.4 is 5.30 Å². The summed E-state index contributed by atoms with van der Waals surface area (Å²) < 4.78 is 21.7. The van der Waals surface area contributed by atoms with Crippen molar-refractivity contribution in [3.05, 3.63) is 30.3 Å². The van der Waals surface area contributed by atoms with Gasteiger partial charge in [0.25, 0.3) is 0 Å². The van der Waals surface area contributed by atoms with Crippen molar-refractivity contribution in [2.45, 2.75) is 0 Å². The summed E-state index contributed by atoms with van der Waals surface area (Å²) in [6.45, 7) is 0. The van der Waals surface area contributed by atoms with E-state index in [0.29, 0.717) is 0 Å². The third-order valence-corrected chi connectivity index (χ3v) is 6.10. The van der Waals surface area contributed by atoms with E-state index in [9.17, 15) is 0 Å². The SMILES string of the molecule is COP(OC)(OC)(OC)c1ccccc1. The normalized spacial score (nSPS) is 14.5. The van der Waals surface area contributed by atoms with Gasteiger partial charge in [0.1, 0.15) is 0 Å². The maximum atomic E-state index is 5.42. The number of hydrogen-bond donors (Lipinski definition) is 0. The van der Waals surface area contributed by atoms with Gasteiger partial charge in [-0.05, 0) is 0 Å². The molecule has 0 fully saturated rings. The van der Waals surface area contributed by atoms with Crippen molar-refractivity contribution in [1.82, 2.24) is 0 Å². The molecule has 0 bridgehead atoms. The van der Waals surface area contributed by atoms with Crippen molar-refractivity contribution in [2.75, 3.05) is 28.4 Å². The quantitative estimate of drug-likeness (QED) is 0.728. The van der Waals surface area contributed by atoms with Crippen LogP contribution in [-0.2, 0) is 18.1 Å². The molecule has 0 saturated heterocycles. The second kappa shape index (κ2) is 4.56. The molecule has 0 saturated carbocycles. The van der Waals surface area contributed by atoms with Crippen LogP contribution in [0.1, 0.15) is 0 Å². The zero-order valence-electron chi connectivity index (χ0n) is 9.47. The zero-order valence-corrected chi connectivity index (χ0v) is 10.4. The standard InChI is InChI=1S/C10H17O4P/c1-11-15(12-2,13-3,14-4)10-8-6-5-7-9-10/h5-9H,1-4H3. The van der Waals surface area contributed by atoms with E-state index in [1.807, 2.05) is 30.3 Å². The van der Waals surface area contributed by atoms with Gasteiger partial charge in [-0.3, -0.25) is 0 Å². The molecule has 15 heavy (non-hydrogen) atoms. The Morgan fingerprint density at radius 3 is 1.47 bits per heavy atom. The predicted molar refractivity (Wildman–Crippen MR) is 61.0 cm³/mol. The van der Waals surface area contributed by atoms with Gasteiger partial charge in [-0.15, -0.1) is 0 Å². The fourth-order valence-corrected chi connectivity index (χ4v) is 3.94. The molecule has 1 rings (SSSR count). The minimum atomic E-state index is -3.59. The second-order valence-electron chi connectivity index (χ2n) is 2.88. The molecular formula is C10H17O4P. The minimum absolute atomic E-state index is 0.763. The van der Waals surface area contributed by atoms with Crippen LogP contribution in [0.3, 0.4) is 0 Å². The first-order valence-corrected chi connectivity index (χ1v) is 6.41. The van der Waals surface area contributed by atoms with Crippen LogP contribution in [0.5, 0.6) is 0 Å². The molecule has 0 aromatic heterocycles. The third kappa shape index (κ3) is 1.80. The maximum absolute atomic E-state index is 5.42. The Morgan fingerprint density at radius 2 is 1.13 bits per heavy atom. The van der Waals surface area contributed by atoms with Crippen molar-refractivity contribution in [1.29, 1.82) is 0 Å². The Morgan fingerprint density at radius 1 is 0.733 bits per heavy atom. The van der Waals surface area contributed by atoms with E-state index >= 15 is 0 Å². The summed E-state index contributed by atoms with van der Waals surface area (Å²) in [6.07, 6.45) is 0. The first kappa shape index (κ1) is 12.6. The Balaban J connectivity index is 3.34. The summed E-state index contributed by atoms with van der Waals surface area (Å²) >= 11 is 0. The molecule has 0 heterocycles. The first-order valence-electron chi connectivity index (χ1n) is 4.50. The molecule has 0 amide bonds. The predicted octanol–water partition coefficient (Wildman–Crippen LogP) is 2.11. The monoisotopic (exact) mass is 232 g/mol. The van der Waals surface area contributed by atoms with Crippen molar-refractivity contribution in [3.63, 3.8) is 0 Å². The van der Waals surface area contributed by atoms with Crippen molar-refractivity contribution in [3.8, 4) is 0 Å². The Labute approximate surface area is 90.4 Å². The van der Waals surface area contributed by atoms with Crippen LogP contribution in [0, 0.1) is 0 Å². The molecule has 86 valence electrons. The van der Waals surface area contributed by atoms with Gasteiger partial charge in [-0.25, -0.2) is 0 Å². The second-order valence-corrected chi connectivity index (χ2v) is 6.48. The van der Waals surface area contributed by atoms with Crippen molar-refractivity contribution < 1.29 is 18.1 Å². The van der Waals surface area contributed by atoms with E-state index in [-0.39, 0.29) is 0 Å². The molecule has 5 heteroatoms. The average molecular weight is 232 g/mol. The van der Waals surface area contributed by atoms with Crippen LogP contribution in [0.15, 0.2) is 30.3 Å². The molecule has 0 N–H and O–H groups in total. The Hall–Kier alpha value is -0.510. The Bertz CT molecular complexity index is 287. The van der Waals surface area contributed by atoms with Gasteiger partial charge in [0.05, 0.1) is 0 Å². The average Bonchev–Trinajstić information content (AvgIpc) is 2.35. The van der Waals surface area contributed by atoms with Gasteiger partial charge in [-0.1, -0.05) is 0 Å². The van der Waals surface area contributed by atoms with Crippen LogP contribution in [0.2, 0.25) is 0 Å². The molecule has 4 nitrogen and oxygen atoms in total. The van der Waals surface area contributed by atoms with E-state index in [2.05, 4.69) is 0 Å². The summed E-state index contributed by atoms with van der Waals surface area (Å²) in [6, 6.07) is 9.39. The molecule has 1 aromatic rings. The van der Waals surface area contributed by atoms with Gasteiger partial charge in [0.15, 0.2) is 0 Å². The van der Waals surface area contributed by atoms with Gasteiger partial charge in [-0.2, -0.15) is 0 Å². The number of hydrogen-bond acceptors (Lipinski definition) is 4. The summed E-state index contributed by atoms with van der Waals surface area (Å²) in [5, 5.41) is 0.763. The molecule has 0 spiro atoms. The summed E-state index contributed by atoms with van der Waals surface area (Å²) in [4.78, 5) is 0. The van der Waals surface area contributed by atoms with E-state index in [0.717, 1.165) is 5.30 Å². The molecule has 0 atom stereocenters. The molecular weight excluding hydrogens is 215 g/mol. The van der Waals surface area contributed by atoms with E-state index in [1.54, 1.807) is 0 Å². The van der Waals surface area contributed by atoms with Gasteiger partial charge in [0.2, 0.25) is 0 Å². The molecule has 0 radical (unpaired) electrons. The van der Waals surface area contributed by atoms with E-state index in [1.165, 1.54) is 28.4 Å². The first-order chi connectivity index (χ1) is 7.17. The van der Waals surface area contributed by atoms with E-state index < -0.39 is 7.51 Å². The van der Waals surface area contributed by atoms with Crippen LogP contribution in [0.25, 0.3) is 0 Å². The molecule has 1 aromatic carbocycles. The molecule has 0 aliphatic rings. The van der Waals surface area contributed by atoms with Crippen molar-refractivity contribution >= 4 is 12.8 Å². The molecule has 0 aliphatic carbocycles. The fourth-order valence-electron chi connectivity index (χ4n) is 1.54. The summed E-state index contributed by atoms with van der Waals surface area (Å²) in [5.74, 6) is 0. The van der Waals surface area contributed by atoms with Gasteiger partial charge in [0, 0.05) is 0 Å².